The number of pyridine rings is 1. The van der Waals surface area contributed by atoms with Gasteiger partial charge in [-0.05, 0) is 23.6 Å². The maximum atomic E-state index is 12.1. The Morgan fingerprint density at radius 2 is 2.10 bits per heavy atom. The molecule has 6 nitrogen and oxygen atoms in total. The molecule has 0 aliphatic heterocycles. The van der Waals surface area contributed by atoms with Crippen molar-refractivity contribution in [3.8, 4) is 10.8 Å². The summed E-state index contributed by atoms with van der Waals surface area (Å²) in [5.74, 6) is 0.115. The van der Waals surface area contributed by atoms with Crippen LogP contribution in [-0.2, 0) is 15.6 Å². The molecule has 0 amide bonds. The number of thiophene rings is 1. The van der Waals surface area contributed by atoms with Crippen LogP contribution in [0.3, 0.4) is 0 Å². The largest absolute Gasteiger partial charge is 0.333 e. The zero-order chi connectivity index (χ0) is 14.0. The first kappa shape index (κ1) is 12.9. The maximum absolute atomic E-state index is 12.1. The number of rotatable bonds is 4. The fourth-order valence-corrected chi connectivity index (χ4v) is 3.34. The van der Waals surface area contributed by atoms with E-state index in [0.717, 1.165) is 4.88 Å². The molecule has 0 fully saturated rings. The molecule has 0 unspecified atom stereocenters. The van der Waals surface area contributed by atoms with Crippen LogP contribution in [0.1, 0.15) is 5.82 Å². The van der Waals surface area contributed by atoms with Gasteiger partial charge in [0.1, 0.15) is 5.75 Å². The zero-order valence-electron chi connectivity index (χ0n) is 10.1. The van der Waals surface area contributed by atoms with Crippen molar-refractivity contribution in [1.82, 2.24) is 15.1 Å². The van der Waals surface area contributed by atoms with Gasteiger partial charge in [-0.2, -0.15) is 4.98 Å². The molecule has 3 heterocycles. The Kier molecular flexibility index (Phi) is 3.33. The second-order valence-corrected chi connectivity index (χ2v) is 6.80. The van der Waals surface area contributed by atoms with Gasteiger partial charge in [-0.25, -0.2) is 13.4 Å². The molecule has 20 heavy (non-hydrogen) atoms. The number of nitrogens with zero attached hydrogens (tertiary/aromatic N) is 3. The van der Waals surface area contributed by atoms with Crippen molar-refractivity contribution in [2.24, 2.45) is 0 Å². The van der Waals surface area contributed by atoms with Crippen molar-refractivity contribution < 1.29 is 12.9 Å². The van der Waals surface area contributed by atoms with Gasteiger partial charge in [0.15, 0.2) is 10.9 Å². The Morgan fingerprint density at radius 1 is 1.20 bits per heavy atom. The van der Waals surface area contributed by atoms with Crippen molar-refractivity contribution >= 4 is 21.2 Å². The first-order chi connectivity index (χ1) is 9.65. The molecule has 0 aliphatic carbocycles. The van der Waals surface area contributed by atoms with Crippen molar-refractivity contribution in [2.75, 3.05) is 0 Å². The van der Waals surface area contributed by atoms with Crippen LogP contribution in [0.2, 0.25) is 0 Å². The lowest BCUT2D eigenvalue weighted by atomic mass is 10.5. The second kappa shape index (κ2) is 5.14. The van der Waals surface area contributed by atoms with Gasteiger partial charge in [0.05, 0.1) is 4.88 Å². The van der Waals surface area contributed by atoms with Crippen LogP contribution in [0.4, 0.5) is 0 Å². The summed E-state index contributed by atoms with van der Waals surface area (Å²) in [4.78, 5) is 8.72. The predicted octanol–water partition coefficient (Wildman–Crippen LogP) is 2.17. The summed E-state index contributed by atoms with van der Waals surface area (Å²) >= 11 is 1.45. The van der Waals surface area contributed by atoms with E-state index in [1.54, 1.807) is 12.1 Å². The van der Waals surface area contributed by atoms with E-state index in [1.807, 2.05) is 17.5 Å². The van der Waals surface area contributed by atoms with Gasteiger partial charge >= 0.3 is 0 Å². The Balaban J connectivity index is 1.85. The van der Waals surface area contributed by atoms with Crippen LogP contribution in [0.25, 0.3) is 10.8 Å². The third kappa shape index (κ3) is 2.61. The summed E-state index contributed by atoms with van der Waals surface area (Å²) in [5, 5.41) is 5.58. The molecule has 0 aliphatic rings. The van der Waals surface area contributed by atoms with Crippen molar-refractivity contribution in [3.05, 3.63) is 47.7 Å². The Morgan fingerprint density at radius 3 is 2.80 bits per heavy atom. The minimum Gasteiger partial charge on any atom is -0.333 e. The van der Waals surface area contributed by atoms with E-state index in [1.165, 1.54) is 23.6 Å². The molecule has 0 bridgehead atoms. The monoisotopic (exact) mass is 307 g/mol. The summed E-state index contributed by atoms with van der Waals surface area (Å²) in [7, 11) is -3.56. The Bertz CT molecular complexity index is 796. The molecule has 0 saturated carbocycles. The van der Waals surface area contributed by atoms with Crippen molar-refractivity contribution in [2.45, 2.75) is 10.8 Å². The molecule has 8 heteroatoms. The van der Waals surface area contributed by atoms with E-state index in [4.69, 9.17) is 4.52 Å². The third-order valence-electron chi connectivity index (χ3n) is 2.48. The average Bonchev–Trinajstić information content (AvgIpc) is 3.10. The van der Waals surface area contributed by atoms with Gasteiger partial charge in [-0.3, -0.25) is 0 Å². The summed E-state index contributed by atoms with van der Waals surface area (Å²) < 4.78 is 29.3. The molecule has 0 spiro atoms. The second-order valence-electron chi connectivity index (χ2n) is 3.92. The van der Waals surface area contributed by atoms with Crippen LogP contribution in [0.15, 0.2) is 51.5 Å². The fourth-order valence-electron chi connectivity index (χ4n) is 1.59. The molecule has 3 rings (SSSR count). The van der Waals surface area contributed by atoms with Gasteiger partial charge in [-0.1, -0.05) is 17.3 Å². The number of sulfone groups is 1. The molecule has 0 N–H and O–H groups in total. The average molecular weight is 307 g/mol. The summed E-state index contributed by atoms with van der Waals surface area (Å²) in [6.07, 6.45) is 1.43. The SMILES string of the molecule is O=S(=O)(Cc1noc(-c2cccs2)n1)c1ccccn1. The van der Waals surface area contributed by atoms with E-state index in [2.05, 4.69) is 15.1 Å². The number of aromatic nitrogens is 3. The lowest BCUT2D eigenvalue weighted by Crippen LogP contribution is -2.07. The lowest BCUT2D eigenvalue weighted by molar-refractivity contribution is 0.425. The molecular weight excluding hydrogens is 298 g/mol. The maximum Gasteiger partial charge on any atom is 0.268 e. The van der Waals surface area contributed by atoms with E-state index in [0.29, 0.717) is 5.89 Å². The van der Waals surface area contributed by atoms with Crippen LogP contribution in [-0.4, -0.2) is 23.5 Å². The molecule has 0 radical (unpaired) electrons. The van der Waals surface area contributed by atoms with Crippen LogP contribution in [0.5, 0.6) is 0 Å². The third-order valence-corrected chi connectivity index (χ3v) is 4.85. The first-order valence-corrected chi connectivity index (χ1v) is 8.18. The standard InChI is InChI=1S/C12H9N3O3S2/c16-20(17,11-5-1-2-6-13-11)8-10-14-12(18-15-10)9-4-3-7-19-9/h1-7H,8H2. The van der Waals surface area contributed by atoms with Gasteiger partial charge < -0.3 is 4.52 Å². The van der Waals surface area contributed by atoms with E-state index in [-0.39, 0.29) is 16.6 Å². The van der Waals surface area contributed by atoms with Crippen LogP contribution in [0, 0.1) is 0 Å². The highest BCUT2D eigenvalue weighted by molar-refractivity contribution is 7.90. The van der Waals surface area contributed by atoms with E-state index < -0.39 is 9.84 Å². The highest BCUT2D eigenvalue weighted by Crippen LogP contribution is 2.23. The number of hydrogen-bond acceptors (Lipinski definition) is 7. The fraction of sp³-hybridized carbons (Fsp3) is 0.0833. The number of hydrogen-bond donors (Lipinski definition) is 0. The first-order valence-electron chi connectivity index (χ1n) is 5.65. The van der Waals surface area contributed by atoms with Crippen molar-refractivity contribution in [3.63, 3.8) is 0 Å². The summed E-state index contributed by atoms with van der Waals surface area (Å²) in [6.45, 7) is 0. The molecular formula is C12H9N3O3S2. The zero-order valence-corrected chi connectivity index (χ0v) is 11.8. The minimum atomic E-state index is -3.56. The normalized spacial score (nSPS) is 11.6. The molecule has 3 aromatic heterocycles. The summed E-state index contributed by atoms with van der Waals surface area (Å²) in [6, 6.07) is 8.40. The van der Waals surface area contributed by atoms with E-state index in [9.17, 15) is 8.42 Å². The smallest absolute Gasteiger partial charge is 0.268 e. The molecule has 0 aromatic carbocycles. The Labute approximate surface area is 119 Å². The van der Waals surface area contributed by atoms with Gasteiger partial charge in [0, 0.05) is 6.20 Å². The predicted molar refractivity (Wildman–Crippen MR) is 72.7 cm³/mol. The van der Waals surface area contributed by atoms with E-state index >= 15 is 0 Å². The van der Waals surface area contributed by atoms with Gasteiger partial charge in [0.2, 0.25) is 9.84 Å². The Hall–Kier alpha value is -2.06. The van der Waals surface area contributed by atoms with Gasteiger partial charge in [-0.15, -0.1) is 11.3 Å². The quantitative estimate of drug-likeness (QED) is 0.734. The minimum absolute atomic E-state index is 0.00229. The van der Waals surface area contributed by atoms with Gasteiger partial charge in [0.25, 0.3) is 5.89 Å². The van der Waals surface area contributed by atoms with Crippen molar-refractivity contribution in [1.29, 1.82) is 0 Å². The lowest BCUT2D eigenvalue weighted by Gasteiger charge is -1.98. The topological polar surface area (TPSA) is 86.0 Å². The summed E-state index contributed by atoms with van der Waals surface area (Å²) in [5.41, 5.74) is 0. The molecule has 3 aromatic rings. The highest BCUT2D eigenvalue weighted by Gasteiger charge is 2.20. The molecule has 0 atom stereocenters. The molecule has 102 valence electrons. The van der Waals surface area contributed by atoms with Crippen LogP contribution >= 0.6 is 11.3 Å². The highest BCUT2D eigenvalue weighted by atomic mass is 32.2. The van der Waals surface area contributed by atoms with Crippen LogP contribution < -0.4 is 0 Å². The molecule has 0 saturated heterocycles.